The quantitative estimate of drug-likeness (QED) is 0.0990. The highest BCUT2D eigenvalue weighted by atomic mass is 31.2. The molecule has 0 heterocycles. The Morgan fingerprint density at radius 2 is 0.870 bits per heavy atom. The maximum Gasteiger partial charge on any atom is 0.373 e. The van der Waals surface area contributed by atoms with Gasteiger partial charge in [-0.15, -0.1) is 0 Å². The summed E-state index contributed by atoms with van der Waals surface area (Å²) in [7, 11) is -8.94. The van der Waals surface area contributed by atoms with Gasteiger partial charge in [0.15, 0.2) is 10.9 Å². The van der Waals surface area contributed by atoms with Crippen LogP contribution in [0.15, 0.2) is 10.3 Å². The first-order chi connectivity index (χ1) is 10.6. The van der Waals surface area contributed by atoms with Crippen molar-refractivity contribution < 1.29 is 39.1 Å². The molecule has 0 saturated heterocycles. The van der Waals surface area contributed by atoms with Crippen LogP contribution < -0.4 is 0 Å². The van der Waals surface area contributed by atoms with E-state index >= 15 is 0 Å². The Kier molecular flexibility index (Phi) is 10.6. The number of hydrogen-bond acceptors (Lipinski definition) is 6. The van der Waals surface area contributed by atoms with E-state index in [4.69, 9.17) is 30.0 Å². The minimum absolute atomic E-state index is 0.0411. The highest BCUT2D eigenvalue weighted by molar-refractivity contribution is 7.70. The zero-order chi connectivity index (χ0) is 17.9. The van der Waals surface area contributed by atoms with Crippen molar-refractivity contribution in [3.63, 3.8) is 0 Å². The molecule has 136 valence electrons. The van der Waals surface area contributed by atoms with Crippen LogP contribution in [-0.2, 0) is 9.13 Å². The first kappa shape index (κ1) is 22.2. The fourth-order valence-electron chi connectivity index (χ4n) is 1.96. The average Bonchev–Trinajstić information content (AvgIpc) is 2.42. The predicted octanol–water partition coefficient (Wildman–Crippen LogP) is 2.43. The normalized spacial score (nSPS) is 14.3. The third-order valence-electron chi connectivity index (χ3n) is 3.20. The van der Waals surface area contributed by atoms with Crippen LogP contribution in [0.3, 0.4) is 0 Å². The molecular formula is C11H24N2O8P2. The highest BCUT2D eigenvalue weighted by Crippen LogP contribution is 2.39. The monoisotopic (exact) mass is 374 g/mol. The third kappa shape index (κ3) is 10.6. The first-order valence-corrected chi connectivity index (χ1v) is 10.4. The van der Waals surface area contributed by atoms with Gasteiger partial charge in [0.1, 0.15) is 0 Å². The van der Waals surface area contributed by atoms with Gasteiger partial charge in [-0.1, -0.05) is 42.4 Å². The van der Waals surface area contributed by atoms with Gasteiger partial charge in [0.25, 0.3) is 0 Å². The second-order valence-corrected chi connectivity index (χ2v) is 8.30. The Labute approximate surface area is 134 Å². The number of rotatable bonds is 12. The molecule has 6 N–H and O–H groups in total. The third-order valence-corrected chi connectivity index (χ3v) is 5.18. The summed E-state index contributed by atoms with van der Waals surface area (Å²) < 4.78 is 21.7. The van der Waals surface area contributed by atoms with Gasteiger partial charge >= 0.3 is 15.2 Å². The van der Waals surface area contributed by atoms with Crippen LogP contribution in [0, 0.1) is 0 Å². The smallest absolute Gasteiger partial charge is 0.373 e. The molecule has 0 unspecified atom stereocenters. The molecular weight excluding hydrogens is 350 g/mol. The molecule has 0 radical (unpaired) electrons. The Morgan fingerprint density at radius 1 is 0.609 bits per heavy atom. The van der Waals surface area contributed by atoms with Gasteiger partial charge in [0.2, 0.25) is 0 Å². The van der Waals surface area contributed by atoms with Crippen molar-refractivity contribution in [2.24, 2.45) is 10.3 Å². The molecule has 0 amide bonds. The van der Waals surface area contributed by atoms with E-state index in [0.29, 0.717) is 12.8 Å². The molecule has 0 rings (SSSR count). The van der Waals surface area contributed by atoms with Crippen molar-refractivity contribution in [2.45, 2.75) is 57.8 Å². The summed E-state index contributed by atoms with van der Waals surface area (Å²) in [6.07, 6.45) is 5.07. The van der Waals surface area contributed by atoms with E-state index < -0.39 is 26.1 Å². The van der Waals surface area contributed by atoms with Crippen LogP contribution in [0.25, 0.3) is 0 Å². The number of hydrogen-bond donors (Lipinski definition) is 6. The van der Waals surface area contributed by atoms with E-state index in [0.717, 1.165) is 32.1 Å². The van der Waals surface area contributed by atoms with E-state index in [-0.39, 0.29) is 12.8 Å². The summed E-state index contributed by atoms with van der Waals surface area (Å²) in [5, 5.41) is 22.2. The van der Waals surface area contributed by atoms with E-state index in [1.807, 2.05) is 0 Å². The van der Waals surface area contributed by atoms with E-state index in [1.165, 1.54) is 0 Å². The molecule has 0 aliphatic heterocycles. The molecule has 23 heavy (non-hydrogen) atoms. The molecule has 10 nitrogen and oxygen atoms in total. The van der Waals surface area contributed by atoms with Gasteiger partial charge in [-0.05, 0) is 12.8 Å². The van der Waals surface area contributed by atoms with E-state index in [2.05, 4.69) is 10.3 Å². The van der Waals surface area contributed by atoms with E-state index in [1.54, 1.807) is 0 Å². The summed E-state index contributed by atoms with van der Waals surface area (Å²) in [6, 6.07) is 0. The van der Waals surface area contributed by atoms with Crippen LogP contribution in [0.5, 0.6) is 0 Å². The maximum atomic E-state index is 10.9. The molecule has 0 fully saturated rings. The van der Waals surface area contributed by atoms with Crippen molar-refractivity contribution in [1.29, 1.82) is 0 Å². The van der Waals surface area contributed by atoms with Gasteiger partial charge in [-0.2, -0.15) is 0 Å². The lowest BCUT2D eigenvalue weighted by Crippen LogP contribution is -2.00. The number of oxime groups is 2. The molecule has 0 aromatic carbocycles. The zero-order valence-corrected chi connectivity index (χ0v) is 14.4. The lowest BCUT2D eigenvalue weighted by Gasteiger charge is -2.07. The Morgan fingerprint density at radius 3 is 1.09 bits per heavy atom. The van der Waals surface area contributed by atoms with Crippen molar-refractivity contribution in [3.8, 4) is 0 Å². The van der Waals surface area contributed by atoms with E-state index in [9.17, 15) is 9.13 Å². The molecule has 0 atom stereocenters. The zero-order valence-electron chi connectivity index (χ0n) is 12.7. The maximum absolute atomic E-state index is 10.9. The van der Waals surface area contributed by atoms with Crippen LogP contribution in [0.1, 0.15) is 57.8 Å². The fraction of sp³-hybridized carbons (Fsp3) is 0.818. The second kappa shape index (κ2) is 10.9. The van der Waals surface area contributed by atoms with Crippen molar-refractivity contribution in [1.82, 2.24) is 0 Å². The summed E-state index contributed by atoms with van der Waals surface area (Å²) in [4.78, 5) is 35.3. The molecule has 0 aliphatic carbocycles. The Bertz CT molecular complexity index is 452. The Balaban J connectivity index is 3.69. The first-order valence-electron chi connectivity index (χ1n) is 7.17. The van der Waals surface area contributed by atoms with Crippen LogP contribution in [0.4, 0.5) is 0 Å². The predicted molar refractivity (Wildman–Crippen MR) is 84.1 cm³/mol. The fourth-order valence-corrected chi connectivity index (χ4v) is 3.09. The molecule has 0 spiro atoms. The van der Waals surface area contributed by atoms with Gasteiger partial charge in [0, 0.05) is 12.8 Å². The standard InChI is InChI=1S/C11H24N2O8P2/c14-12-10(22(16,17)18)8-6-4-2-1-3-5-7-9-11(13-15)23(19,20)21/h14-15H,1-9H2,(H2,16,17,18)(H2,19,20,21)/b12-10-,13-11+. The van der Waals surface area contributed by atoms with Gasteiger partial charge in [-0.3, -0.25) is 9.13 Å². The average molecular weight is 374 g/mol. The van der Waals surface area contributed by atoms with Crippen LogP contribution in [0.2, 0.25) is 0 Å². The lowest BCUT2D eigenvalue weighted by atomic mass is 10.1. The van der Waals surface area contributed by atoms with Crippen LogP contribution in [-0.4, -0.2) is 40.9 Å². The van der Waals surface area contributed by atoms with Crippen LogP contribution >= 0.6 is 15.2 Å². The van der Waals surface area contributed by atoms with Gasteiger partial charge in [0.05, 0.1) is 0 Å². The highest BCUT2D eigenvalue weighted by Gasteiger charge is 2.23. The number of nitrogens with zero attached hydrogens (tertiary/aromatic N) is 2. The summed E-state index contributed by atoms with van der Waals surface area (Å²) in [5.74, 6) is 0. The summed E-state index contributed by atoms with van der Waals surface area (Å²) >= 11 is 0. The molecule has 0 aromatic rings. The number of unbranched alkanes of at least 4 members (excludes halogenated alkanes) is 6. The van der Waals surface area contributed by atoms with Crippen molar-refractivity contribution in [2.75, 3.05) is 0 Å². The van der Waals surface area contributed by atoms with Gasteiger partial charge in [-0.25, -0.2) is 0 Å². The molecule has 0 saturated carbocycles. The lowest BCUT2D eigenvalue weighted by molar-refractivity contribution is 0.314. The topological polar surface area (TPSA) is 180 Å². The summed E-state index contributed by atoms with van der Waals surface area (Å²) in [6.45, 7) is 0. The second-order valence-electron chi connectivity index (χ2n) is 5.10. The molecule has 12 heteroatoms. The van der Waals surface area contributed by atoms with Gasteiger partial charge < -0.3 is 30.0 Å². The molecule has 0 aliphatic rings. The molecule has 0 aromatic heterocycles. The molecule has 0 bridgehead atoms. The minimum Gasteiger partial charge on any atom is -0.410 e. The SMILES string of the molecule is O=P(O)(O)/C(CCCCCCCCC/C(=N\O)P(=O)(O)O)=N\O. The Hall–Kier alpha value is -0.760. The van der Waals surface area contributed by atoms with Crippen molar-refractivity contribution >= 4 is 26.1 Å². The minimum atomic E-state index is -4.47. The largest absolute Gasteiger partial charge is 0.410 e. The summed E-state index contributed by atoms with van der Waals surface area (Å²) in [5.41, 5.74) is -1.02. The van der Waals surface area contributed by atoms with Crippen molar-refractivity contribution in [3.05, 3.63) is 0 Å².